The predicted molar refractivity (Wildman–Crippen MR) is 71.2 cm³/mol. The fourth-order valence-electron chi connectivity index (χ4n) is 1.96. The van der Waals surface area contributed by atoms with Crippen LogP contribution in [-0.2, 0) is 16.1 Å². The Labute approximate surface area is 109 Å². The quantitative estimate of drug-likeness (QED) is 0.771. The van der Waals surface area contributed by atoms with E-state index in [9.17, 15) is 9.90 Å². The highest BCUT2D eigenvalue weighted by molar-refractivity contribution is 5.81. The molecule has 3 heteroatoms. The van der Waals surface area contributed by atoms with Gasteiger partial charge >= 0.3 is 0 Å². The zero-order chi connectivity index (χ0) is 13.4. The van der Waals surface area contributed by atoms with E-state index in [-0.39, 0.29) is 18.3 Å². The molecule has 0 aliphatic carbocycles. The summed E-state index contributed by atoms with van der Waals surface area (Å²) in [7, 11) is 0. The second kappa shape index (κ2) is 8.01. The Hall–Kier alpha value is -1.19. The minimum atomic E-state index is -0.703. The van der Waals surface area contributed by atoms with Crippen LogP contribution in [0.15, 0.2) is 30.3 Å². The third-order valence-electron chi connectivity index (χ3n) is 3.07. The molecule has 0 saturated heterocycles. The molecule has 1 rings (SSSR count). The van der Waals surface area contributed by atoms with Crippen molar-refractivity contribution in [1.29, 1.82) is 0 Å². The number of carbonyl (C=O) groups is 1. The molecular weight excluding hydrogens is 228 g/mol. The zero-order valence-electron chi connectivity index (χ0n) is 11.1. The molecule has 2 atom stereocenters. The van der Waals surface area contributed by atoms with E-state index in [4.69, 9.17) is 4.74 Å². The third-order valence-corrected chi connectivity index (χ3v) is 3.07. The van der Waals surface area contributed by atoms with Crippen molar-refractivity contribution in [2.75, 3.05) is 6.61 Å². The molecule has 0 spiro atoms. The number of rotatable bonds is 8. The van der Waals surface area contributed by atoms with Crippen molar-refractivity contribution in [2.24, 2.45) is 5.92 Å². The van der Waals surface area contributed by atoms with Crippen LogP contribution in [0.1, 0.15) is 32.3 Å². The number of hydrogen-bond acceptors (Lipinski definition) is 3. The summed E-state index contributed by atoms with van der Waals surface area (Å²) in [4.78, 5) is 11.6. The van der Waals surface area contributed by atoms with Crippen LogP contribution in [0.5, 0.6) is 0 Å². The molecule has 0 heterocycles. The molecule has 1 N–H and O–H groups in total. The van der Waals surface area contributed by atoms with Crippen LogP contribution in [0.3, 0.4) is 0 Å². The van der Waals surface area contributed by atoms with Crippen molar-refractivity contribution < 1.29 is 14.6 Å². The Morgan fingerprint density at radius 3 is 2.50 bits per heavy atom. The Balaban J connectivity index is 2.36. The van der Waals surface area contributed by atoms with Crippen LogP contribution < -0.4 is 0 Å². The lowest BCUT2D eigenvalue weighted by Gasteiger charge is -2.19. The number of Topliss-reactive ketones (excluding diaryl/α,β-unsaturated/α-hetero) is 1. The second-order valence-corrected chi connectivity index (χ2v) is 4.40. The van der Waals surface area contributed by atoms with Crippen LogP contribution in [0.25, 0.3) is 0 Å². The number of hydrogen-bond donors (Lipinski definition) is 1. The topological polar surface area (TPSA) is 46.5 Å². The van der Waals surface area contributed by atoms with Gasteiger partial charge in [-0.15, -0.1) is 0 Å². The van der Waals surface area contributed by atoms with Crippen LogP contribution in [-0.4, -0.2) is 23.6 Å². The molecule has 0 radical (unpaired) electrons. The smallest absolute Gasteiger partial charge is 0.138 e. The van der Waals surface area contributed by atoms with Gasteiger partial charge < -0.3 is 9.84 Å². The van der Waals surface area contributed by atoms with E-state index in [0.29, 0.717) is 19.4 Å². The molecule has 100 valence electrons. The van der Waals surface area contributed by atoms with E-state index in [0.717, 1.165) is 5.56 Å². The van der Waals surface area contributed by atoms with E-state index in [1.54, 1.807) is 0 Å². The Bertz CT molecular complexity index is 348. The molecular formula is C15H22O3. The molecule has 2 unspecified atom stereocenters. The summed E-state index contributed by atoms with van der Waals surface area (Å²) in [6.07, 6.45) is 0.419. The lowest BCUT2D eigenvalue weighted by Crippen LogP contribution is -2.31. The maximum Gasteiger partial charge on any atom is 0.138 e. The van der Waals surface area contributed by atoms with Crippen molar-refractivity contribution in [2.45, 2.75) is 39.4 Å². The minimum Gasteiger partial charge on any atom is -0.390 e. The summed E-state index contributed by atoms with van der Waals surface area (Å²) in [6.45, 7) is 4.41. The van der Waals surface area contributed by atoms with Crippen molar-refractivity contribution >= 4 is 5.78 Å². The van der Waals surface area contributed by atoms with E-state index in [1.165, 1.54) is 0 Å². The van der Waals surface area contributed by atoms with Gasteiger partial charge in [0, 0.05) is 12.3 Å². The van der Waals surface area contributed by atoms with Gasteiger partial charge in [-0.25, -0.2) is 0 Å². The summed E-state index contributed by atoms with van der Waals surface area (Å²) in [6, 6.07) is 9.79. The highest BCUT2D eigenvalue weighted by atomic mass is 16.5. The lowest BCUT2D eigenvalue weighted by atomic mass is 9.93. The maximum absolute atomic E-state index is 11.6. The van der Waals surface area contributed by atoms with E-state index in [1.807, 2.05) is 44.2 Å². The Morgan fingerprint density at radius 1 is 1.28 bits per heavy atom. The molecule has 0 aliphatic heterocycles. The average molecular weight is 250 g/mol. The van der Waals surface area contributed by atoms with Gasteiger partial charge in [-0.2, -0.15) is 0 Å². The van der Waals surface area contributed by atoms with Gasteiger partial charge in [0.05, 0.1) is 19.3 Å². The molecule has 0 saturated carbocycles. The third kappa shape index (κ3) is 4.59. The molecule has 0 fully saturated rings. The zero-order valence-corrected chi connectivity index (χ0v) is 11.1. The largest absolute Gasteiger partial charge is 0.390 e. The van der Waals surface area contributed by atoms with Gasteiger partial charge in [-0.3, -0.25) is 4.79 Å². The van der Waals surface area contributed by atoms with Gasteiger partial charge in [-0.05, 0) is 12.0 Å². The summed E-state index contributed by atoms with van der Waals surface area (Å²) in [5, 5.41) is 9.94. The van der Waals surface area contributed by atoms with Crippen LogP contribution in [0.4, 0.5) is 0 Å². The molecule has 0 aromatic heterocycles. The van der Waals surface area contributed by atoms with Gasteiger partial charge in [-0.1, -0.05) is 44.2 Å². The fraction of sp³-hybridized carbons (Fsp3) is 0.533. The number of aliphatic hydroxyl groups excluding tert-OH is 1. The van der Waals surface area contributed by atoms with Crippen LogP contribution >= 0.6 is 0 Å². The second-order valence-electron chi connectivity index (χ2n) is 4.40. The number of carbonyl (C=O) groups excluding carboxylic acids is 1. The number of ketones is 1. The Morgan fingerprint density at radius 2 is 1.94 bits per heavy atom. The highest BCUT2D eigenvalue weighted by Crippen LogP contribution is 2.13. The van der Waals surface area contributed by atoms with Crippen molar-refractivity contribution in [1.82, 2.24) is 0 Å². The SMILES string of the molecule is CCC(=O)C(CC)C(O)COCc1ccccc1. The van der Waals surface area contributed by atoms with Gasteiger partial charge in [0.25, 0.3) is 0 Å². The van der Waals surface area contributed by atoms with E-state index >= 15 is 0 Å². The molecule has 1 aromatic carbocycles. The van der Waals surface area contributed by atoms with Crippen LogP contribution in [0.2, 0.25) is 0 Å². The maximum atomic E-state index is 11.6. The molecule has 3 nitrogen and oxygen atoms in total. The van der Waals surface area contributed by atoms with E-state index < -0.39 is 6.10 Å². The first-order valence-corrected chi connectivity index (χ1v) is 6.51. The van der Waals surface area contributed by atoms with E-state index in [2.05, 4.69) is 0 Å². The minimum absolute atomic E-state index is 0.105. The first kappa shape index (κ1) is 14.9. The van der Waals surface area contributed by atoms with Crippen molar-refractivity contribution in [3.8, 4) is 0 Å². The number of ether oxygens (including phenoxy) is 1. The van der Waals surface area contributed by atoms with Crippen molar-refractivity contribution in [3.63, 3.8) is 0 Å². The standard InChI is InChI=1S/C15H22O3/c1-3-13(14(16)4-2)15(17)11-18-10-12-8-6-5-7-9-12/h5-9,13,15,17H,3-4,10-11H2,1-2H3. The monoisotopic (exact) mass is 250 g/mol. The van der Waals surface area contributed by atoms with Gasteiger partial charge in [0.1, 0.15) is 5.78 Å². The van der Waals surface area contributed by atoms with Crippen LogP contribution in [0, 0.1) is 5.92 Å². The summed E-state index contributed by atoms with van der Waals surface area (Å²) in [5.74, 6) is -0.195. The molecule has 1 aromatic rings. The summed E-state index contributed by atoms with van der Waals surface area (Å²) < 4.78 is 5.46. The number of benzene rings is 1. The summed E-state index contributed by atoms with van der Waals surface area (Å²) >= 11 is 0. The summed E-state index contributed by atoms with van der Waals surface area (Å²) in [5.41, 5.74) is 1.07. The fourth-order valence-corrected chi connectivity index (χ4v) is 1.96. The van der Waals surface area contributed by atoms with Gasteiger partial charge in [0.15, 0.2) is 0 Å². The highest BCUT2D eigenvalue weighted by Gasteiger charge is 2.23. The Kier molecular flexibility index (Phi) is 6.61. The molecule has 0 bridgehead atoms. The molecule has 0 aliphatic rings. The normalized spacial score (nSPS) is 14.2. The number of aliphatic hydroxyl groups is 1. The average Bonchev–Trinajstić information content (AvgIpc) is 2.40. The first-order valence-electron chi connectivity index (χ1n) is 6.51. The lowest BCUT2D eigenvalue weighted by molar-refractivity contribution is -0.128. The van der Waals surface area contributed by atoms with Gasteiger partial charge in [0.2, 0.25) is 0 Å². The molecule has 0 amide bonds. The van der Waals surface area contributed by atoms with Crippen molar-refractivity contribution in [3.05, 3.63) is 35.9 Å². The molecule has 18 heavy (non-hydrogen) atoms. The first-order chi connectivity index (χ1) is 8.69. The predicted octanol–water partition coefficient (Wildman–Crippen LogP) is 2.57.